The van der Waals surface area contributed by atoms with Crippen molar-refractivity contribution in [3.05, 3.63) is 10.6 Å². The van der Waals surface area contributed by atoms with Gasteiger partial charge in [0, 0.05) is 30.8 Å². The van der Waals surface area contributed by atoms with E-state index in [0.29, 0.717) is 6.54 Å². The summed E-state index contributed by atoms with van der Waals surface area (Å²) in [7, 11) is 3.64. The molecule has 1 amide bonds. The highest BCUT2D eigenvalue weighted by Crippen LogP contribution is 2.57. The summed E-state index contributed by atoms with van der Waals surface area (Å²) in [5, 5.41) is 15.5. The monoisotopic (exact) mass is 389 g/mol. The Labute approximate surface area is 166 Å². The summed E-state index contributed by atoms with van der Waals surface area (Å²) in [6.07, 6.45) is 7.69. The number of thiazole rings is 1. The van der Waals surface area contributed by atoms with Gasteiger partial charge in [-0.3, -0.25) is 4.79 Å². The van der Waals surface area contributed by atoms with E-state index in [-0.39, 0.29) is 35.0 Å². The SMILES string of the molecule is C#CCN(C)C(=O)[C@@H](C)[C@H]1CC[C@@]2(C)Cc3sc(NC)nc3[C@@H](C)[C@@H]2[C@H]1O. The van der Waals surface area contributed by atoms with Gasteiger partial charge < -0.3 is 15.3 Å². The first-order valence-corrected chi connectivity index (χ1v) is 10.6. The van der Waals surface area contributed by atoms with E-state index in [9.17, 15) is 9.90 Å². The number of carbonyl (C=O) groups excluding carboxylic acids is 1. The Morgan fingerprint density at radius 1 is 1.59 bits per heavy atom. The van der Waals surface area contributed by atoms with E-state index in [0.717, 1.165) is 30.1 Å². The summed E-state index contributed by atoms with van der Waals surface area (Å²) >= 11 is 1.73. The maximum absolute atomic E-state index is 12.7. The zero-order valence-electron chi connectivity index (χ0n) is 17.0. The minimum atomic E-state index is -0.509. The molecule has 6 atom stereocenters. The third kappa shape index (κ3) is 3.36. The Kier molecular flexibility index (Phi) is 5.56. The number of amides is 1. The molecule has 148 valence electrons. The lowest BCUT2D eigenvalue weighted by Gasteiger charge is -2.53. The van der Waals surface area contributed by atoms with Gasteiger partial charge in [-0.2, -0.15) is 0 Å². The molecular weight excluding hydrogens is 358 g/mol. The van der Waals surface area contributed by atoms with Crippen LogP contribution in [-0.2, 0) is 11.2 Å². The molecule has 0 radical (unpaired) electrons. The smallest absolute Gasteiger partial charge is 0.226 e. The van der Waals surface area contributed by atoms with Gasteiger partial charge in [-0.1, -0.05) is 26.7 Å². The van der Waals surface area contributed by atoms with E-state index in [1.54, 1.807) is 23.3 Å². The summed E-state index contributed by atoms with van der Waals surface area (Å²) in [5.74, 6) is 2.57. The second-order valence-electron chi connectivity index (χ2n) is 8.60. The van der Waals surface area contributed by atoms with Crippen molar-refractivity contribution in [2.75, 3.05) is 26.0 Å². The van der Waals surface area contributed by atoms with Crippen molar-refractivity contribution in [3.63, 3.8) is 0 Å². The Morgan fingerprint density at radius 3 is 2.93 bits per heavy atom. The number of hydrogen-bond acceptors (Lipinski definition) is 5. The summed E-state index contributed by atoms with van der Waals surface area (Å²) in [5.41, 5.74) is 1.17. The zero-order valence-corrected chi connectivity index (χ0v) is 17.8. The molecule has 0 aromatic carbocycles. The fourth-order valence-corrected chi connectivity index (χ4v) is 6.62. The molecule has 2 N–H and O–H groups in total. The zero-order chi connectivity index (χ0) is 19.9. The number of aromatic nitrogens is 1. The van der Waals surface area contributed by atoms with Crippen LogP contribution in [0.4, 0.5) is 5.13 Å². The molecule has 0 bridgehead atoms. The molecule has 1 saturated carbocycles. The summed E-state index contributed by atoms with van der Waals surface area (Å²) < 4.78 is 0. The minimum Gasteiger partial charge on any atom is -0.392 e. The average molecular weight is 390 g/mol. The first-order chi connectivity index (χ1) is 12.7. The summed E-state index contributed by atoms with van der Waals surface area (Å²) in [4.78, 5) is 20.4. The number of rotatable bonds is 4. The van der Waals surface area contributed by atoms with Crippen molar-refractivity contribution in [2.24, 2.45) is 23.2 Å². The van der Waals surface area contributed by atoms with Crippen LogP contribution < -0.4 is 5.32 Å². The molecule has 2 aliphatic carbocycles. The largest absolute Gasteiger partial charge is 0.392 e. The van der Waals surface area contributed by atoms with E-state index in [1.807, 2.05) is 14.0 Å². The fourth-order valence-electron chi connectivity index (χ4n) is 5.40. The van der Waals surface area contributed by atoms with Crippen molar-refractivity contribution in [3.8, 4) is 12.3 Å². The molecule has 0 saturated heterocycles. The Hall–Kier alpha value is -1.58. The van der Waals surface area contributed by atoms with Crippen LogP contribution in [-0.4, -0.2) is 47.6 Å². The third-order valence-corrected chi connectivity index (χ3v) is 7.96. The molecule has 1 aromatic heterocycles. The Balaban J connectivity index is 1.86. The number of aliphatic hydroxyl groups excluding tert-OH is 1. The summed E-state index contributed by atoms with van der Waals surface area (Å²) in [6, 6.07) is 0. The third-order valence-electron chi connectivity index (χ3n) is 6.87. The van der Waals surface area contributed by atoms with Crippen LogP contribution in [0.25, 0.3) is 0 Å². The number of terminal acetylenes is 1. The molecule has 1 aromatic rings. The lowest BCUT2D eigenvalue weighted by molar-refractivity contribution is -0.142. The molecule has 1 heterocycles. The van der Waals surface area contributed by atoms with Gasteiger partial charge in [-0.25, -0.2) is 4.98 Å². The van der Waals surface area contributed by atoms with E-state index in [2.05, 4.69) is 25.1 Å². The first-order valence-electron chi connectivity index (χ1n) is 9.77. The Bertz CT molecular complexity index is 755. The van der Waals surface area contributed by atoms with Gasteiger partial charge in [-0.15, -0.1) is 17.8 Å². The van der Waals surface area contributed by atoms with Gasteiger partial charge in [0.05, 0.1) is 18.3 Å². The standard InChI is InChI=1S/C21H31N3O2S/c1-7-10-24(6)19(26)12(2)14-8-9-21(4)11-15-17(23-20(22-5)27-15)13(3)16(21)18(14)25/h1,12-14,16,18,25H,8-11H2,2-6H3,(H,22,23)/t12-,13-,14+,16+,18-,21-/m0/s1. The molecule has 0 spiro atoms. The van der Waals surface area contributed by atoms with Gasteiger partial charge in [0.15, 0.2) is 5.13 Å². The number of carbonyl (C=O) groups is 1. The fraction of sp³-hybridized carbons (Fsp3) is 0.714. The molecule has 0 aliphatic heterocycles. The predicted molar refractivity (Wildman–Crippen MR) is 110 cm³/mol. The van der Waals surface area contributed by atoms with Gasteiger partial charge in [0.1, 0.15) is 0 Å². The number of nitrogens with zero attached hydrogens (tertiary/aromatic N) is 2. The van der Waals surface area contributed by atoms with Gasteiger partial charge in [0.25, 0.3) is 0 Å². The topological polar surface area (TPSA) is 65.5 Å². The average Bonchev–Trinajstić information content (AvgIpc) is 3.03. The maximum atomic E-state index is 12.7. The molecule has 2 aliphatic rings. The van der Waals surface area contributed by atoms with Crippen molar-refractivity contribution in [2.45, 2.75) is 52.1 Å². The van der Waals surface area contributed by atoms with Gasteiger partial charge in [-0.05, 0) is 36.5 Å². The van der Waals surface area contributed by atoms with Crippen molar-refractivity contribution >= 4 is 22.4 Å². The normalized spacial score (nSPS) is 33.4. The van der Waals surface area contributed by atoms with Crippen LogP contribution in [0.15, 0.2) is 0 Å². The number of hydrogen-bond donors (Lipinski definition) is 2. The van der Waals surface area contributed by atoms with Crippen LogP contribution >= 0.6 is 11.3 Å². The Morgan fingerprint density at radius 2 is 2.30 bits per heavy atom. The molecule has 3 rings (SSSR count). The molecule has 1 fully saturated rings. The van der Waals surface area contributed by atoms with Crippen molar-refractivity contribution in [1.29, 1.82) is 0 Å². The van der Waals surface area contributed by atoms with Crippen LogP contribution in [0.3, 0.4) is 0 Å². The maximum Gasteiger partial charge on any atom is 0.226 e. The summed E-state index contributed by atoms with van der Waals surface area (Å²) in [6.45, 7) is 6.72. The van der Waals surface area contributed by atoms with Crippen LogP contribution in [0.5, 0.6) is 0 Å². The van der Waals surface area contributed by atoms with E-state index in [4.69, 9.17) is 11.4 Å². The van der Waals surface area contributed by atoms with E-state index >= 15 is 0 Å². The highest BCUT2D eigenvalue weighted by molar-refractivity contribution is 7.15. The number of fused-ring (bicyclic) bond motifs is 2. The molecule has 6 heteroatoms. The number of anilines is 1. The minimum absolute atomic E-state index is 0.0240. The van der Waals surface area contributed by atoms with Gasteiger partial charge >= 0.3 is 0 Å². The molecule has 5 nitrogen and oxygen atoms in total. The highest BCUT2D eigenvalue weighted by Gasteiger charge is 2.54. The number of nitrogens with one attached hydrogen (secondary N) is 1. The van der Waals surface area contributed by atoms with Crippen molar-refractivity contribution in [1.82, 2.24) is 9.88 Å². The number of aliphatic hydroxyl groups is 1. The highest BCUT2D eigenvalue weighted by atomic mass is 32.1. The second kappa shape index (κ2) is 7.44. The lowest BCUT2D eigenvalue weighted by Crippen LogP contribution is -2.53. The van der Waals surface area contributed by atoms with Crippen LogP contribution in [0.1, 0.15) is 50.1 Å². The molecule has 27 heavy (non-hydrogen) atoms. The predicted octanol–water partition coefficient (Wildman–Crippen LogP) is 2.97. The second-order valence-corrected chi connectivity index (χ2v) is 9.69. The van der Waals surface area contributed by atoms with Crippen LogP contribution in [0, 0.1) is 35.5 Å². The van der Waals surface area contributed by atoms with E-state index in [1.165, 1.54) is 4.88 Å². The quantitative estimate of drug-likeness (QED) is 0.777. The first kappa shape index (κ1) is 20.2. The van der Waals surface area contributed by atoms with E-state index < -0.39 is 6.10 Å². The van der Waals surface area contributed by atoms with Crippen molar-refractivity contribution < 1.29 is 9.90 Å². The van der Waals surface area contributed by atoms with Crippen LogP contribution in [0.2, 0.25) is 0 Å². The van der Waals surface area contributed by atoms with Gasteiger partial charge in [0.2, 0.25) is 5.91 Å². The lowest BCUT2D eigenvalue weighted by atomic mass is 9.53. The molecule has 0 unspecified atom stereocenters. The molecular formula is C21H31N3O2S.